The van der Waals surface area contributed by atoms with Crippen molar-refractivity contribution in [2.45, 2.75) is 25.3 Å². The Morgan fingerprint density at radius 3 is 2.50 bits per heavy atom. The minimum Gasteiger partial charge on any atom is -0.497 e. The van der Waals surface area contributed by atoms with Crippen molar-refractivity contribution in [3.8, 4) is 5.75 Å². The summed E-state index contributed by atoms with van der Waals surface area (Å²) in [7, 11) is 3.11. The van der Waals surface area contributed by atoms with Crippen molar-refractivity contribution < 1.29 is 19.2 Å². The minimum atomic E-state index is -0.631. The molecule has 0 fully saturated rings. The summed E-state index contributed by atoms with van der Waals surface area (Å²) in [4.78, 5) is 36.9. The number of ether oxygens (including phenoxy) is 1. The number of nitro benzene ring substituents is 1. The molecule has 0 saturated carbocycles. The molecule has 0 aromatic heterocycles. The van der Waals surface area contributed by atoms with Crippen molar-refractivity contribution in [2.75, 3.05) is 19.9 Å². The van der Waals surface area contributed by atoms with E-state index in [2.05, 4.69) is 5.32 Å². The quantitative estimate of drug-likeness (QED) is 0.458. The number of nitrogens with one attached hydrogen (secondary N) is 1. The zero-order valence-electron chi connectivity index (χ0n) is 17.2. The standard InChI is InChI=1S/C21H25N3O5S/c1-15(21(26)22-2)23(12-17-5-4-6-19(11-17)29-3)20(25)14-30-13-16-7-9-18(10-8-16)24(27)28/h4-11,15H,12-14H2,1-3H3,(H,22,26). The molecule has 2 rings (SSSR count). The summed E-state index contributed by atoms with van der Waals surface area (Å²) in [6, 6.07) is 13.0. The van der Waals surface area contributed by atoms with Crippen LogP contribution >= 0.6 is 11.8 Å². The Bertz CT molecular complexity index is 888. The summed E-state index contributed by atoms with van der Waals surface area (Å²) in [6.07, 6.45) is 0. The van der Waals surface area contributed by atoms with E-state index in [1.807, 2.05) is 24.3 Å². The second-order valence-electron chi connectivity index (χ2n) is 6.58. The van der Waals surface area contributed by atoms with Gasteiger partial charge in [-0.2, -0.15) is 0 Å². The summed E-state index contributed by atoms with van der Waals surface area (Å²) in [6.45, 7) is 1.97. The average Bonchev–Trinajstić information content (AvgIpc) is 2.76. The van der Waals surface area contributed by atoms with Gasteiger partial charge in [0.15, 0.2) is 0 Å². The lowest BCUT2D eigenvalue weighted by Gasteiger charge is -2.28. The molecule has 2 aromatic carbocycles. The van der Waals surface area contributed by atoms with Gasteiger partial charge in [-0.15, -0.1) is 11.8 Å². The first-order valence-corrected chi connectivity index (χ1v) is 10.5. The van der Waals surface area contributed by atoms with Gasteiger partial charge in [-0.3, -0.25) is 19.7 Å². The number of amides is 2. The number of carbonyl (C=O) groups excluding carboxylic acids is 2. The van der Waals surface area contributed by atoms with Gasteiger partial charge < -0.3 is 15.0 Å². The molecule has 30 heavy (non-hydrogen) atoms. The first-order valence-electron chi connectivity index (χ1n) is 9.30. The number of hydrogen-bond donors (Lipinski definition) is 1. The third-order valence-corrected chi connectivity index (χ3v) is 5.53. The predicted octanol–water partition coefficient (Wildman–Crippen LogP) is 3.00. The highest BCUT2D eigenvalue weighted by Crippen LogP contribution is 2.20. The lowest BCUT2D eigenvalue weighted by Crippen LogP contribution is -2.47. The number of benzene rings is 2. The number of nitrogens with zero attached hydrogens (tertiary/aromatic N) is 2. The number of likely N-dealkylation sites (N-methyl/N-ethyl adjacent to an activating group) is 1. The first-order chi connectivity index (χ1) is 14.3. The van der Waals surface area contributed by atoms with Gasteiger partial charge in [0.05, 0.1) is 17.8 Å². The molecule has 8 nitrogen and oxygen atoms in total. The molecule has 0 aliphatic rings. The molecule has 9 heteroatoms. The zero-order valence-corrected chi connectivity index (χ0v) is 18.0. The van der Waals surface area contributed by atoms with Crippen molar-refractivity contribution in [1.29, 1.82) is 0 Å². The second-order valence-corrected chi connectivity index (χ2v) is 7.57. The summed E-state index contributed by atoms with van der Waals surface area (Å²) >= 11 is 1.39. The van der Waals surface area contributed by atoms with Gasteiger partial charge in [0, 0.05) is 31.5 Å². The SMILES string of the molecule is CNC(=O)C(C)N(Cc1cccc(OC)c1)C(=O)CSCc1ccc([N+](=O)[O-])cc1. The van der Waals surface area contributed by atoms with Crippen LogP contribution < -0.4 is 10.1 Å². The van der Waals surface area contributed by atoms with Crippen LogP contribution in [0.2, 0.25) is 0 Å². The Morgan fingerprint density at radius 2 is 1.90 bits per heavy atom. The molecule has 2 aromatic rings. The summed E-state index contributed by atoms with van der Waals surface area (Å²) in [5.41, 5.74) is 1.78. The topological polar surface area (TPSA) is 102 Å². The van der Waals surface area contributed by atoms with Crippen LogP contribution in [-0.2, 0) is 21.9 Å². The van der Waals surface area contributed by atoms with Gasteiger partial charge in [0.1, 0.15) is 11.8 Å². The maximum Gasteiger partial charge on any atom is 0.269 e. The van der Waals surface area contributed by atoms with Crippen LogP contribution in [0.3, 0.4) is 0 Å². The summed E-state index contributed by atoms with van der Waals surface area (Å²) in [5, 5.41) is 13.3. The van der Waals surface area contributed by atoms with Gasteiger partial charge in [-0.05, 0) is 30.2 Å². The molecule has 160 valence electrons. The van der Waals surface area contributed by atoms with E-state index >= 15 is 0 Å². The highest BCUT2D eigenvalue weighted by Gasteiger charge is 2.25. The molecule has 1 unspecified atom stereocenters. The lowest BCUT2D eigenvalue weighted by atomic mass is 10.1. The molecular weight excluding hydrogens is 406 g/mol. The van der Waals surface area contributed by atoms with Crippen LogP contribution in [0.4, 0.5) is 5.69 Å². The van der Waals surface area contributed by atoms with Crippen molar-refractivity contribution >= 4 is 29.3 Å². The Balaban J connectivity index is 2.04. The smallest absolute Gasteiger partial charge is 0.269 e. The average molecular weight is 432 g/mol. The van der Waals surface area contributed by atoms with Gasteiger partial charge in [0.2, 0.25) is 11.8 Å². The van der Waals surface area contributed by atoms with E-state index in [9.17, 15) is 19.7 Å². The number of thioether (sulfide) groups is 1. The number of methoxy groups -OCH3 is 1. The number of carbonyl (C=O) groups is 2. The molecule has 0 bridgehead atoms. The van der Waals surface area contributed by atoms with Crippen LogP contribution in [0.25, 0.3) is 0 Å². The zero-order chi connectivity index (χ0) is 22.1. The maximum atomic E-state index is 12.9. The van der Waals surface area contributed by atoms with Gasteiger partial charge in [-0.25, -0.2) is 0 Å². The van der Waals surface area contributed by atoms with Gasteiger partial charge in [0.25, 0.3) is 5.69 Å². The van der Waals surface area contributed by atoms with Crippen LogP contribution in [-0.4, -0.2) is 47.6 Å². The van der Waals surface area contributed by atoms with E-state index in [4.69, 9.17) is 4.74 Å². The first kappa shape index (κ1) is 23.2. The van der Waals surface area contributed by atoms with E-state index in [1.54, 1.807) is 26.2 Å². The lowest BCUT2D eigenvalue weighted by molar-refractivity contribution is -0.384. The molecule has 0 heterocycles. The van der Waals surface area contributed by atoms with Crippen LogP contribution in [0.15, 0.2) is 48.5 Å². The highest BCUT2D eigenvalue weighted by atomic mass is 32.2. The molecule has 2 amide bonds. The normalized spacial score (nSPS) is 11.4. The predicted molar refractivity (Wildman–Crippen MR) is 116 cm³/mol. The molecule has 0 spiro atoms. The minimum absolute atomic E-state index is 0.0312. The van der Waals surface area contributed by atoms with Crippen molar-refractivity contribution in [1.82, 2.24) is 10.2 Å². The number of non-ortho nitro benzene ring substituents is 1. The van der Waals surface area contributed by atoms with Crippen molar-refractivity contribution in [3.05, 3.63) is 69.8 Å². The van der Waals surface area contributed by atoms with Gasteiger partial charge >= 0.3 is 0 Å². The van der Waals surface area contributed by atoms with Crippen LogP contribution in [0, 0.1) is 10.1 Å². The van der Waals surface area contributed by atoms with E-state index in [0.717, 1.165) is 11.1 Å². The fourth-order valence-corrected chi connectivity index (χ4v) is 3.68. The van der Waals surface area contributed by atoms with Crippen LogP contribution in [0.1, 0.15) is 18.1 Å². The molecule has 0 aliphatic carbocycles. The maximum absolute atomic E-state index is 12.9. The highest BCUT2D eigenvalue weighted by molar-refractivity contribution is 7.99. The van der Waals surface area contributed by atoms with E-state index in [1.165, 1.54) is 35.8 Å². The number of rotatable bonds is 10. The van der Waals surface area contributed by atoms with Crippen molar-refractivity contribution in [2.24, 2.45) is 0 Å². The fraction of sp³-hybridized carbons (Fsp3) is 0.333. The third-order valence-electron chi connectivity index (χ3n) is 4.54. The molecular formula is C21H25N3O5S. The molecule has 1 N–H and O–H groups in total. The number of nitro groups is 1. The molecule has 0 saturated heterocycles. The Kier molecular flexibility index (Phi) is 8.67. The van der Waals surface area contributed by atoms with Crippen LogP contribution in [0.5, 0.6) is 5.75 Å². The Labute approximate surface area is 179 Å². The summed E-state index contributed by atoms with van der Waals surface area (Å²) < 4.78 is 5.23. The molecule has 0 aliphatic heterocycles. The molecule has 1 atom stereocenters. The fourth-order valence-electron chi connectivity index (χ4n) is 2.81. The van der Waals surface area contributed by atoms with Gasteiger partial charge in [-0.1, -0.05) is 24.3 Å². The molecule has 0 radical (unpaired) electrons. The van der Waals surface area contributed by atoms with E-state index in [-0.39, 0.29) is 29.8 Å². The number of hydrogen-bond acceptors (Lipinski definition) is 6. The summed E-state index contributed by atoms with van der Waals surface area (Å²) in [5.74, 6) is 0.986. The third kappa shape index (κ3) is 6.48. The van der Waals surface area contributed by atoms with E-state index < -0.39 is 11.0 Å². The largest absolute Gasteiger partial charge is 0.497 e. The van der Waals surface area contributed by atoms with Crippen molar-refractivity contribution in [3.63, 3.8) is 0 Å². The monoisotopic (exact) mass is 431 g/mol. The Morgan fingerprint density at radius 1 is 1.20 bits per heavy atom. The Hall–Kier alpha value is -3.07. The van der Waals surface area contributed by atoms with E-state index in [0.29, 0.717) is 11.5 Å². The second kappa shape index (κ2) is 11.2.